The summed E-state index contributed by atoms with van der Waals surface area (Å²) in [5.74, 6) is 0. The van der Waals surface area contributed by atoms with Crippen LogP contribution in [-0.4, -0.2) is 33.3 Å². The highest BCUT2D eigenvalue weighted by molar-refractivity contribution is 6.31. The molecule has 0 amide bonds. The van der Waals surface area contributed by atoms with Gasteiger partial charge in [-0.3, -0.25) is 0 Å². The van der Waals surface area contributed by atoms with E-state index in [0.717, 1.165) is 53.3 Å². The summed E-state index contributed by atoms with van der Waals surface area (Å²) in [5, 5.41) is 22.4. The van der Waals surface area contributed by atoms with Gasteiger partial charge in [-0.2, -0.15) is 15.0 Å². The van der Waals surface area contributed by atoms with Crippen LogP contribution in [0.3, 0.4) is 0 Å². The van der Waals surface area contributed by atoms with Crippen LogP contribution in [0.1, 0.15) is 30.5 Å². The molecule has 27 heavy (non-hydrogen) atoms. The van der Waals surface area contributed by atoms with Crippen molar-refractivity contribution in [3.05, 3.63) is 70.9 Å². The Morgan fingerprint density at radius 3 is 2.48 bits per heavy atom. The Balaban J connectivity index is 1.74. The average Bonchev–Trinajstić information content (AvgIpc) is 3.10. The summed E-state index contributed by atoms with van der Waals surface area (Å²) in [6, 6.07) is 17.9. The standard InChI is InChI=1S/C21H25ClN4O/c22-19-12-6-5-11-18(19)16-26-24-20(15-23-13-7-2-8-14-27)21(25-26)17-9-3-1-4-10-17/h1,3-6,9-12,23,27H,2,7-8,13-16H2. The summed E-state index contributed by atoms with van der Waals surface area (Å²) in [6.45, 7) is 2.35. The molecule has 0 fully saturated rings. The second-order valence-corrected chi connectivity index (χ2v) is 6.85. The van der Waals surface area contributed by atoms with Crippen LogP contribution in [0, 0.1) is 0 Å². The van der Waals surface area contributed by atoms with Gasteiger partial charge in [-0.15, -0.1) is 0 Å². The number of unbranched alkanes of at least 4 members (excludes halogenated alkanes) is 2. The lowest BCUT2D eigenvalue weighted by Gasteiger charge is -2.04. The number of hydrogen-bond donors (Lipinski definition) is 2. The van der Waals surface area contributed by atoms with E-state index in [1.807, 2.05) is 42.5 Å². The van der Waals surface area contributed by atoms with Gasteiger partial charge in [0.05, 0.1) is 6.54 Å². The maximum atomic E-state index is 8.86. The molecule has 2 N–H and O–H groups in total. The lowest BCUT2D eigenvalue weighted by molar-refractivity contribution is 0.283. The highest BCUT2D eigenvalue weighted by atomic mass is 35.5. The zero-order valence-electron chi connectivity index (χ0n) is 15.3. The van der Waals surface area contributed by atoms with Crippen LogP contribution in [-0.2, 0) is 13.1 Å². The van der Waals surface area contributed by atoms with Gasteiger partial charge in [-0.05, 0) is 37.4 Å². The lowest BCUT2D eigenvalue weighted by Crippen LogP contribution is -2.16. The van der Waals surface area contributed by atoms with Gasteiger partial charge in [0.1, 0.15) is 11.4 Å². The molecule has 0 saturated carbocycles. The third kappa shape index (κ3) is 5.63. The minimum atomic E-state index is 0.258. The fraction of sp³-hybridized carbons (Fsp3) is 0.333. The number of halogens is 1. The fourth-order valence-electron chi connectivity index (χ4n) is 2.92. The zero-order valence-corrected chi connectivity index (χ0v) is 16.1. The maximum absolute atomic E-state index is 8.86. The molecule has 3 aromatic rings. The number of nitrogens with one attached hydrogen (secondary N) is 1. The number of benzene rings is 2. The third-order valence-electron chi connectivity index (χ3n) is 4.35. The summed E-state index contributed by atoms with van der Waals surface area (Å²) in [5.41, 5.74) is 3.87. The van der Waals surface area contributed by atoms with Gasteiger partial charge < -0.3 is 10.4 Å². The van der Waals surface area contributed by atoms with E-state index in [1.54, 1.807) is 4.80 Å². The number of nitrogens with zero attached hydrogens (tertiary/aromatic N) is 3. The van der Waals surface area contributed by atoms with Crippen molar-refractivity contribution in [2.24, 2.45) is 0 Å². The Morgan fingerprint density at radius 1 is 0.926 bits per heavy atom. The Hall–Kier alpha value is -2.21. The molecule has 0 unspecified atom stereocenters. The van der Waals surface area contributed by atoms with Gasteiger partial charge in [0, 0.05) is 23.7 Å². The molecule has 0 atom stereocenters. The van der Waals surface area contributed by atoms with Crippen LogP contribution < -0.4 is 5.32 Å². The predicted octanol–water partition coefficient (Wildman–Crippen LogP) is 3.90. The van der Waals surface area contributed by atoms with E-state index >= 15 is 0 Å². The molecule has 0 radical (unpaired) electrons. The van der Waals surface area contributed by atoms with Crippen LogP contribution >= 0.6 is 11.6 Å². The molecule has 0 spiro atoms. The topological polar surface area (TPSA) is 63.0 Å². The minimum absolute atomic E-state index is 0.258. The smallest absolute Gasteiger partial charge is 0.117 e. The molecular weight excluding hydrogens is 360 g/mol. The molecule has 1 aromatic heterocycles. The summed E-state index contributed by atoms with van der Waals surface area (Å²) < 4.78 is 0. The molecular formula is C21H25ClN4O. The number of aliphatic hydroxyl groups is 1. The largest absolute Gasteiger partial charge is 0.396 e. The van der Waals surface area contributed by atoms with Gasteiger partial charge >= 0.3 is 0 Å². The van der Waals surface area contributed by atoms with Crippen molar-refractivity contribution >= 4 is 11.6 Å². The molecule has 3 rings (SSSR count). The Kier molecular flexibility index (Phi) is 7.39. The molecule has 0 aliphatic rings. The molecule has 142 valence electrons. The van der Waals surface area contributed by atoms with Crippen LogP contribution in [0.2, 0.25) is 5.02 Å². The van der Waals surface area contributed by atoms with Crippen molar-refractivity contribution < 1.29 is 5.11 Å². The number of aromatic nitrogens is 3. The Labute approximate surface area is 165 Å². The summed E-state index contributed by atoms with van der Waals surface area (Å²) in [4.78, 5) is 1.71. The van der Waals surface area contributed by atoms with E-state index in [1.165, 1.54) is 0 Å². The average molecular weight is 385 g/mol. The molecule has 1 heterocycles. The monoisotopic (exact) mass is 384 g/mol. The van der Waals surface area contributed by atoms with E-state index in [4.69, 9.17) is 26.9 Å². The second kappa shape index (κ2) is 10.2. The van der Waals surface area contributed by atoms with Crippen LogP contribution in [0.25, 0.3) is 11.3 Å². The van der Waals surface area contributed by atoms with Gasteiger partial charge in [0.25, 0.3) is 0 Å². The van der Waals surface area contributed by atoms with E-state index < -0.39 is 0 Å². The highest BCUT2D eigenvalue weighted by Gasteiger charge is 2.13. The molecule has 6 heteroatoms. The van der Waals surface area contributed by atoms with Crippen LogP contribution in [0.15, 0.2) is 54.6 Å². The van der Waals surface area contributed by atoms with Gasteiger partial charge in [0.15, 0.2) is 0 Å². The lowest BCUT2D eigenvalue weighted by atomic mass is 10.1. The number of aliphatic hydroxyl groups excluding tert-OH is 1. The van der Waals surface area contributed by atoms with Crippen molar-refractivity contribution in [2.75, 3.05) is 13.2 Å². The van der Waals surface area contributed by atoms with E-state index in [9.17, 15) is 0 Å². The van der Waals surface area contributed by atoms with Crippen molar-refractivity contribution in [1.29, 1.82) is 0 Å². The number of hydrogen-bond acceptors (Lipinski definition) is 4. The first-order valence-corrected chi connectivity index (χ1v) is 9.70. The van der Waals surface area contributed by atoms with Gasteiger partial charge in [-0.25, -0.2) is 0 Å². The summed E-state index contributed by atoms with van der Waals surface area (Å²) in [7, 11) is 0. The quantitative estimate of drug-likeness (QED) is 0.520. The second-order valence-electron chi connectivity index (χ2n) is 6.44. The zero-order chi connectivity index (χ0) is 18.9. The Bertz CT molecular complexity index is 835. The molecule has 2 aromatic carbocycles. The van der Waals surface area contributed by atoms with E-state index in [-0.39, 0.29) is 6.61 Å². The van der Waals surface area contributed by atoms with Crippen molar-refractivity contribution in [1.82, 2.24) is 20.3 Å². The highest BCUT2D eigenvalue weighted by Crippen LogP contribution is 2.21. The first-order valence-electron chi connectivity index (χ1n) is 9.32. The summed E-state index contributed by atoms with van der Waals surface area (Å²) >= 11 is 6.28. The fourth-order valence-corrected chi connectivity index (χ4v) is 3.11. The van der Waals surface area contributed by atoms with E-state index in [0.29, 0.717) is 13.1 Å². The van der Waals surface area contributed by atoms with Crippen LogP contribution in [0.5, 0.6) is 0 Å². The first-order chi connectivity index (χ1) is 13.3. The first kappa shape index (κ1) is 19.5. The predicted molar refractivity (Wildman–Crippen MR) is 109 cm³/mol. The van der Waals surface area contributed by atoms with Crippen LogP contribution in [0.4, 0.5) is 0 Å². The number of rotatable bonds is 10. The van der Waals surface area contributed by atoms with Crippen molar-refractivity contribution in [2.45, 2.75) is 32.4 Å². The SMILES string of the molecule is OCCCCCNCc1nn(Cc2ccccc2Cl)nc1-c1ccccc1. The molecule has 0 aliphatic heterocycles. The molecule has 5 nitrogen and oxygen atoms in total. The minimum Gasteiger partial charge on any atom is -0.396 e. The molecule has 0 saturated heterocycles. The maximum Gasteiger partial charge on any atom is 0.117 e. The molecule has 0 aliphatic carbocycles. The normalized spacial score (nSPS) is 11.0. The summed E-state index contributed by atoms with van der Waals surface area (Å²) in [6.07, 6.45) is 2.91. The van der Waals surface area contributed by atoms with Gasteiger partial charge in [0.2, 0.25) is 0 Å². The van der Waals surface area contributed by atoms with Crippen molar-refractivity contribution in [3.8, 4) is 11.3 Å². The third-order valence-corrected chi connectivity index (χ3v) is 4.71. The van der Waals surface area contributed by atoms with E-state index in [2.05, 4.69) is 17.4 Å². The van der Waals surface area contributed by atoms with Crippen molar-refractivity contribution in [3.63, 3.8) is 0 Å². The molecule has 0 bridgehead atoms. The Morgan fingerprint density at radius 2 is 1.70 bits per heavy atom. The van der Waals surface area contributed by atoms with Gasteiger partial charge in [-0.1, -0.05) is 60.1 Å².